The third-order valence-electron chi connectivity index (χ3n) is 3.38. The number of nitrogens with zero attached hydrogens (tertiary/aromatic N) is 1. The summed E-state index contributed by atoms with van der Waals surface area (Å²) in [7, 11) is 0. The minimum absolute atomic E-state index is 0.521. The zero-order chi connectivity index (χ0) is 12.3. The van der Waals surface area contributed by atoms with Crippen molar-refractivity contribution in [1.29, 1.82) is 0 Å². The van der Waals surface area contributed by atoms with Crippen LogP contribution in [0.25, 0.3) is 0 Å². The molecule has 1 aliphatic carbocycles. The SMILES string of the molecule is CCCc1nc(C2CCCCC2)sc1C(N)=S. The van der Waals surface area contributed by atoms with Crippen LogP contribution in [0.4, 0.5) is 0 Å². The predicted octanol–water partition coefficient (Wildman–Crippen LogP) is 3.78. The molecule has 0 saturated heterocycles. The van der Waals surface area contributed by atoms with E-state index in [0.717, 1.165) is 23.4 Å². The number of aromatic nitrogens is 1. The van der Waals surface area contributed by atoms with Gasteiger partial charge in [0.15, 0.2) is 0 Å². The van der Waals surface area contributed by atoms with Gasteiger partial charge in [0.2, 0.25) is 0 Å². The van der Waals surface area contributed by atoms with Crippen LogP contribution in [0.2, 0.25) is 0 Å². The molecule has 0 aromatic carbocycles. The second-order valence-electron chi connectivity index (χ2n) is 4.78. The molecule has 1 saturated carbocycles. The molecule has 1 aromatic heterocycles. The molecule has 0 radical (unpaired) electrons. The van der Waals surface area contributed by atoms with Crippen molar-refractivity contribution in [3.8, 4) is 0 Å². The van der Waals surface area contributed by atoms with Crippen LogP contribution in [0.15, 0.2) is 0 Å². The standard InChI is InChI=1S/C13H20N2S2/c1-2-6-10-11(12(14)16)17-13(15-10)9-7-4-3-5-8-9/h9H,2-8H2,1H3,(H2,14,16). The van der Waals surface area contributed by atoms with E-state index < -0.39 is 0 Å². The van der Waals surface area contributed by atoms with Crippen molar-refractivity contribution in [3.63, 3.8) is 0 Å². The average molecular weight is 268 g/mol. The van der Waals surface area contributed by atoms with Crippen molar-refractivity contribution in [2.24, 2.45) is 5.73 Å². The van der Waals surface area contributed by atoms with Crippen molar-refractivity contribution in [2.75, 3.05) is 0 Å². The van der Waals surface area contributed by atoms with E-state index in [1.807, 2.05) is 0 Å². The highest BCUT2D eigenvalue weighted by Crippen LogP contribution is 2.36. The van der Waals surface area contributed by atoms with Crippen LogP contribution >= 0.6 is 23.6 Å². The maximum atomic E-state index is 5.79. The van der Waals surface area contributed by atoms with E-state index in [0.29, 0.717) is 10.9 Å². The van der Waals surface area contributed by atoms with E-state index in [1.54, 1.807) is 11.3 Å². The number of nitrogens with two attached hydrogens (primary N) is 1. The Morgan fingerprint density at radius 1 is 1.41 bits per heavy atom. The Balaban J connectivity index is 2.22. The number of hydrogen-bond donors (Lipinski definition) is 1. The molecule has 4 heteroatoms. The lowest BCUT2D eigenvalue weighted by atomic mass is 9.90. The average Bonchev–Trinajstić information content (AvgIpc) is 2.75. The van der Waals surface area contributed by atoms with E-state index in [-0.39, 0.29) is 0 Å². The number of hydrogen-bond acceptors (Lipinski definition) is 3. The highest BCUT2D eigenvalue weighted by molar-refractivity contribution is 7.81. The Morgan fingerprint density at radius 2 is 2.12 bits per heavy atom. The second-order valence-corrected chi connectivity index (χ2v) is 6.25. The normalized spacial score (nSPS) is 17.2. The first-order chi connectivity index (χ1) is 8.22. The van der Waals surface area contributed by atoms with Crippen molar-refractivity contribution in [3.05, 3.63) is 15.6 Å². The Hall–Kier alpha value is -0.480. The van der Waals surface area contributed by atoms with Crippen molar-refractivity contribution in [2.45, 2.75) is 57.8 Å². The monoisotopic (exact) mass is 268 g/mol. The van der Waals surface area contributed by atoms with Crippen molar-refractivity contribution in [1.82, 2.24) is 4.98 Å². The molecule has 0 atom stereocenters. The molecular weight excluding hydrogens is 248 g/mol. The second kappa shape index (κ2) is 5.91. The summed E-state index contributed by atoms with van der Waals surface area (Å²) in [6.45, 7) is 2.17. The fourth-order valence-electron chi connectivity index (χ4n) is 2.49. The van der Waals surface area contributed by atoms with Crippen molar-refractivity contribution >= 4 is 28.5 Å². The molecule has 0 amide bonds. The van der Waals surface area contributed by atoms with Crippen LogP contribution < -0.4 is 5.73 Å². The minimum atomic E-state index is 0.521. The molecule has 0 spiro atoms. The smallest absolute Gasteiger partial charge is 0.116 e. The fraction of sp³-hybridized carbons (Fsp3) is 0.692. The minimum Gasteiger partial charge on any atom is -0.389 e. The first-order valence-electron chi connectivity index (χ1n) is 6.51. The van der Waals surface area contributed by atoms with Gasteiger partial charge in [0.1, 0.15) is 4.99 Å². The third kappa shape index (κ3) is 3.05. The van der Waals surface area contributed by atoms with Crippen LogP contribution in [0.1, 0.15) is 66.9 Å². The summed E-state index contributed by atoms with van der Waals surface area (Å²) >= 11 is 6.86. The largest absolute Gasteiger partial charge is 0.389 e. The van der Waals surface area contributed by atoms with Gasteiger partial charge < -0.3 is 5.73 Å². The van der Waals surface area contributed by atoms with Crippen LogP contribution in [-0.2, 0) is 6.42 Å². The molecule has 1 heterocycles. The van der Waals surface area contributed by atoms with Gasteiger partial charge in [-0.15, -0.1) is 11.3 Å². The molecule has 0 unspecified atom stereocenters. The summed E-state index contributed by atoms with van der Waals surface area (Å²) in [6, 6.07) is 0. The number of rotatable bonds is 4. The molecule has 0 bridgehead atoms. The van der Waals surface area contributed by atoms with Gasteiger partial charge >= 0.3 is 0 Å². The quantitative estimate of drug-likeness (QED) is 0.845. The summed E-state index contributed by atoms with van der Waals surface area (Å²) in [5.41, 5.74) is 6.92. The van der Waals surface area contributed by atoms with Gasteiger partial charge in [-0.1, -0.05) is 44.8 Å². The van der Waals surface area contributed by atoms with Gasteiger partial charge in [0, 0.05) is 5.92 Å². The summed E-state index contributed by atoms with van der Waals surface area (Å²) in [5.74, 6) is 0.660. The van der Waals surface area contributed by atoms with E-state index >= 15 is 0 Å². The van der Waals surface area contributed by atoms with Crippen LogP contribution in [0.3, 0.4) is 0 Å². The molecule has 2 N–H and O–H groups in total. The van der Waals surface area contributed by atoms with Crippen molar-refractivity contribution < 1.29 is 0 Å². The van der Waals surface area contributed by atoms with Gasteiger partial charge in [0.05, 0.1) is 15.6 Å². The van der Waals surface area contributed by atoms with Gasteiger partial charge in [-0.2, -0.15) is 0 Å². The maximum absolute atomic E-state index is 5.79. The Bertz CT molecular complexity index is 392. The lowest BCUT2D eigenvalue weighted by molar-refractivity contribution is 0.442. The highest BCUT2D eigenvalue weighted by Gasteiger charge is 2.21. The van der Waals surface area contributed by atoms with E-state index in [9.17, 15) is 0 Å². The molecule has 0 aliphatic heterocycles. The van der Waals surface area contributed by atoms with Gasteiger partial charge in [0.25, 0.3) is 0 Å². The van der Waals surface area contributed by atoms with Gasteiger partial charge in [-0.3, -0.25) is 0 Å². The third-order valence-corrected chi connectivity index (χ3v) is 5.01. The topological polar surface area (TPSA) is 38.9 Å². The van der Waals surface area contributed by atoms with Gasteiger partial charge in [-0.25, -0.2) is 4.98 Å². The van der Waals surface area contributed by atoms with Crippen LogP contribution in [0.5, 0.6) is 0 Å². The Labute approximate surface area is 113 Å². The molecule has 1 fully saturated rings. The van der Waals surface area contributed by atoms with E-state index in [2.05, 4.69) is 6.92 Å². The molecule has 2 rings (SSSR count). The molecule has 17 heavy (non-hydrogen) atoms. The highest BCUT2D eigenvalue weighted by atomic mass is 32.1. The molecule has 1 aromatic rings. The molecular formula is C13H20N2S2. The number of aryl methyl sites for hydroxylation is 1. The van der Waals surface area contributed by atoms with Crippen LogP contribution in [-0.4, -0.2) is 9.97 Å². The molecule has 94 valence electrons. The number of thiazole rings is 1. The van der Waals surface area contributed by atoms with Gasteiger partial charge in [-0.05, 0) is 19.3 Å². The van der Waals surface area contributed by atoms with E-state index in [1.165, 1.54) is 37.1 Å². The Kier molecular flexibility index (Phi) is 4.51. The lowest BCUT2D eigenvalue weighted by Gasteiger charge is -2.18. The predicted molar refractivity (Wildman–Crippen MR) is 77.8 cm³/mol. The van der Waals surface area contributed by atoms with E-state index in [4.69, 9.17) is 22.9 Å². The lowest BCUT2D eigenvalue weighted by Crippen LogP contribution is -2.09. The first-order valence-corrected chi connectivity index (χ1v) is 7.74. The number of thiocarbonyl (C=S) groups is 1. The summed E-state index contributed by atoms with van der Waals surface area (Å²) in [6.07, 6.45) is 8.74. The zero-order valence-electron chi connectivity index (χ0n) is 10.4. The Morgan fingerprint density at radius 3 is 2.71 bits per heavy atom. The molecule has 1 aliphatic rings. The maximum Gasteiger partial charge on any atom is 0.116 e. The first kappa shape index (κ1) is 13.0. The summed E-state index contributed by atoms with van der Waals surface area (Å²) in [5, 5.41) is 1.27. The fourth-order valence-corrected chi connectivity index (χ4v) is 3.87. The van der Waals surface area contributed by atoms with Crippen LogP contribution in [0, 0.1) is 0 Å². The summed E-state index contributed by atoms with van der Waals surface area (Å²) in [4.78, 5) is 6.37. The summed E-state index contributed by atoms with van der Waals surface area (Å²) < 4.78 is 0. The zero-order valence-corrected chi connectivity index (χ0v) is 12.0. The molecule has 2 nitrogen and oxygen atoms in total.